The summed E-state index contributed by atoms with van der Waals surface area (Å²) in [6.45, 7) is 4.15. The number of anilines is 1. The first-order valence-electron chi connectivity index (χ1n) is 11.7. The van der Waals surface area contributed by atoms with Crippen LogP contribution in [0.25, 0.3) is 0 Å². The second-order valence-corrected chi connectivity index (χ2v) is 10.7. The molecule has 0 bridgehead atoms. The summed E-state index contributed by atoms with van der Waals surface area (Å²) in [7, 11) is 0. The van der Waals surface area contributed by atoms with E-state index in [1.807, 2.05) is 72.8 Å². The molecule has 3 aromatic rings. The average Bonchev–Trinajstić information content (AvgIpc) is 2.84. The number of Topliss-reactive ketones (excluding diaryl/α,β-unsaturated/α-hetero) is 2. The maximum Gasteiger partial charge on any atom is 0.205 e. The zero-order valence-electron chi connectivity index (χ0n) is 19.7. The number of para-hydroxylation sites is 1. The van der Waals surface area contributed by atoms with Gasteiger partial charge in [0.15, 0.2) is 11.6 Å². The highest BCUT2D eigenvalue weighted by Crippen LogP contribution is 2.49. The summed E-state index contributed by atoms with van der Waals surface area (Å²) in [6.07, 6.45) is 1.03. The maximum atomic E-state index is 14.0. The van der Waals surface area contributed by atoms with E-state index in [0.717, 1.165) is 15.7 Å². The predicted octanol–water partition coefficient (Wildman–Crippen LogP) is 7.41. The van der Waals surface area contributed by atoms with E-state index in [0.29, 0.717) is 41.2 Å². The third kappa shape index (κ3) is 4.73. The van der Waals surface area contributed by atoms with Crippen molar-refractivity contribution < 1.29 is 14.3 Å². The van der Waals surface area contributed by atoms with Gasteiger partial charge in [0.1, 0.15) is 5.76 Å². The molecule has 1 unspecified atom stereocenters. The number of hydrogen-bond donors (Lipinski definition) is 1. The number of carbonyl (C=O) groups excluding carboxylic acids is 2. The number of nitrogens with one attached hydrogen (secondary N) is 1. The molecule has 2 aliphatic rings. The van der Waals surface area contributed by atoms with Crippen LogP contribution in [0.5, 0.6) is 0 Å². The van der Waals surface area contributed by atoms with Gasteiger partial charge in [-0.1, -0.05) is 90.4 Å². The normalized spacial score (nSPS) is 19.2. The maximum absolute atomic E-state index is 14.0. The minimum absolute atomic E-state index is 0.0290. The Kier molecular flexibility index (Phi) is 6.20. The van der Waals surface area contributed by atoms with Crippen LogP contribution in [0.3, 0.4) is 0 Å². The topological polar surface area (TPSA) is 55.4 Å². The van der Waals surface area contributed by atoms with Gasteiger partial charge in [0, 0.05) is 34.1 Å². The van der Waals surface area contributed by atoms with Crippen molar-refractivity contribution >= 4 is 33.2 Å². The molecule has 1 heterocycles. The Balaban J connectivity index is 1.73. The van der Waals surface area contributed by atoms with Gasteiger partial charge in [-0.2, -0.15) is 0 Å². The molecule has 1 atom stereocenters. The van der Waals surface area contributed by atoms with Gasteiger partial charge < -0.3 is 10.1 Å². The zero-order chi connectivity index (χ0) is 24.6. The molecule has 176 valence electrons. The van der Waals surface area contributed by atoms with Crippen LogP contribution in [-0.4, -0.2) is 11.6 Å². The first-order chi connectivity index (χ1) is 16.8. The first kappa shape index (κ1) is 23.3. The molecule has 0 saturated heterocycles. The first-order valence-corrected chi connectivity index (χ1v) is 12.5. The molecule has 4 nitrogen and oxygen atoms in total. The van der Waals surface area contributed by atoms with Gasteiger partial charge in [-0.05, 0) is 35.2 Å². The second kappa shape index (κ2) is 9.31. The van der Waals surface area contributed by atoms with E-state index < -0.39 is 5.92 Å². The molecule has 5 rings (SSSR count). The fourth-order valence-corrected chi connectivity index (χ4v) is 5.12. The number of rotatable bonds is 5. The van der Waals surface area contributed by atoms with Gasteiger partial charge in [-0.25, -0.2) is 0 Å². The molecule has 0 radical (unpaired) electrons. The van der Waals surface area contributed by atoms with Gasteiger partial charge in [0.05, 0.1) is 11.5 Å². The Bertz CT molecular complexity index is 1340. The van der Waals surface area contributed by atoms with Gasteiger partial charge in [-0.15, -0.1) is 0 Å². The molecule has 5 heteroatoms. The molecule has 1 aliphatic heterocycles. The molecule has 35 heavy (non-hydrogen) atoms. The van der Waals surface area contributed by atoms with Crippen molar-refractivity contribution in [1.29, 1.82) is 0 Å². The van der Waals surface area contributed by atoms with Crippen molar-refractivity contribution in [1.82, 2.24) is 0 Å². The quantitative estimate of drug-likeness (QED) is 0.351. The van der Waals surface area contributed by atoms with E-state index in [1.165, 1.54) is 0 Å². The lowest BCUT2D eigenvalue weighted by molar-refractivity contribution is -0.119. The summed E-state index contributed by atoms with van der Waals surface area (Å²) >= 11 is 3.51. The minimum atomic E-state index is -0.533. The summed E-state index contributed by atoms with van der Waals surface area (Å²) in [5.41, 5.74) is 3.04. The van der Waals surface area contributed by atoms with Crippen LogP contribution in [-0.2, 0) is 9.53 Å². The number of hydrogen-bond acceptors (Lipinski definition) is 4. The van der Waals surface area contributed by atoms with E-state index in [-0.39, 0.29) is 17.0 Å². The fourth-order valence-electron chi connectivity index (χ4n) is 4.86. The number of ketones is 2. The van der Waals surface area contributed by atoms with E-state index in [1.54, 1.807) is 12.1 Å². The number of allylic oxidation sites excluding steroid dienone is 3. The van der Waals surface area contributed by atoms with Crippen molar-refractivity contribution in [2.75, 3.05) is 5.32 Å². The summed E-state index contributed by atoms with van der Waals surface area (Å²) in [5.74, 6) is 0.348. The minimum Gasteiger partial charge on any atom is -0.444 e. The summed E-state index contributed by atoms with van der Waals surface area (Å²) < 4.78 is 7.36. The van der Waals surface area contributed by atoms with E-state index in [2.05, 4.69) is 35.1 Å². The number of carbonyl (C=O) groups is 2. The lowest BCUT2D eigenvalue weighted by Crippen LogP contribution is -2.35. The molecular formula is C30H26BrNO3. The highest BCUT2D eigenvalue weighted by atomic mass is 79.9. The molecule has 1 aliphatic carbocycles. The van der Waals surface area contributed by atoms with Crippen LogP contribution in [0.1, 0.15) is 48.5 Å². The van der Waals surface area contributed by atoms with Gasteiger partial charge in [-0.3, -0.25) is 9.59 Å². The predicted molar refractivity (Wildman–Crippen MR) is 141 cm³/mol. The molecule has 3 aromatic carbocycles. The Morgan fingerprint density at radius 1 is 0.914 bits per heavy atom. The number of ether oxygens (including phenoxy) is 1. The molecule has 0 fully saturated rings. The number of halogens is 1. The van der Waals surface area contributed by atoms with Crippen molar-refractivity contribution in [2.45, 2.75) is 32.6 Å². The van der Waals surface area contributed by atoms with E-state index in [4.69, 9.17) is 4.74 Å². The third-order valence-corrected chi connectivity index (χ3v) is 6.97. The molecular weight excluding hydrogens is 502 g/mol. The highest BCUT2D eigenvalue weighted by Gasteiger charge is 2.45. The van der Waals surface area contributed by atoms with E-state index in [9.17, 15) is 9.59 Å². The largest absolute Gasteiger partial charge is 0.444 e. The van der Waals surface area contributed by atoms with Crippen molar-refractivity contribution in [3.05, 3.63) is 123 Å². The van der Waals surface area contributed by atoms with Crippen LogP contribution in [0, 0.1) is 5.41 Å². The summed E-state index contributed by atoms with van der Waals surface area (Å²) in [4.78, 5) is 27.6. The number of benzene rings is 3. The van der Waals surface area contributed by atoms with Crippen LogP contribution >= 0.6 is 15.9 Å². The molecule has 1 N–H and O–H groups in total. The van der Waals surface area contributed by atoms with Gasteiger partial charge >= 0.3 is 0 Å². The van der Waals surface area contributed by atoms with E-state index >= 15 is 0 Å². The molecule has 0 aromatic heterocycles. The fraction of sp³-hybridized carbons (Fsp3) is 0.200. The van der Waals surface area contributed by atoms with Crippen molar-refractivity contribution in [2.24, 2.45) is 5.41 Å². The summed E-state index contributed by atoms with van der Waals surface area (Å²) in [5, 5.41) is 3.35. The Morgan fingerprint density at radius 3 is 2.20 bits per heavy atom. The standard InChI is InChI=1S/C30H26BrNO3/c1-30(2)17-23(33)26-24(18-30)35-29(32-22-11-7-4-8-12-22)27(28(34)20-9-5-3-6-10-20)25(26)19-13-15-21(31)16-14-19/h3-16,25,32H,17-18H2,1-2H3. The molecule has 0 spiro atoms. The van der Waals surface area contributed by atoms with Gasteiger partial charge in [0.2, 0.25) is 5.88 Å². The zero-order valence-corrected chi connectivity index (χ0v) is 21.3. The highest BCUT2D eigenvalue weighted by molar-refractivity contribution is 9.10. The SMILES string of the molecule is CC1(C)CC(=O)C2=C(C1)OC(Nc1ccccc1)=C(C(=O)c1ccccc1)C2c1ccc(Br)cc1. The van der Waals surface area contributed by atoms with Crippen molar-refractivity contribution in [3.8, 4) is 0 Å². The van der Waals surface area contributed by atoms with Gasteiger partial charge in [0.25, 0.3) is 0 Å². The Morgan fingerprint density at radius 2 is 1.54 bits per heavy atom. The van der Waals surface area contributed by atoms with Crippen LogP contribution in [0.4, 0.5) is 5.69 Å². The monoisotopic (exact) mass is 527 g/mol. The van der Waals surface area contributed by atoms with Crippen LogP contribution < -0.4 is 5.32 Å². The van der Waals surface area contributed by atoms with Crippen LogP contribution in [0.2, 0.25) is 0 Å². The smallest absolute Gasteiger partial charge is 0.205 e. The molecule has 0 saturated carbocycles. The average molecular weight is 528 g/mol. The Labute approximate surface area is 213 Å². The van der Waals surface area contributed by atoms with Crippen LogP contribution in [0.15, 0.2) is 112 Å². The second-order valence-electron chi connectivity index (χ2n) is 9.79. The summed E-state index contributed by atoms with van der Waals surface area (Å²) in [6, 6.07) is 26.6. The van der Waals surface area contributed by atoms with Crippen molar-refractivity contribution in [3.63, 3.8) is 0 Å². The Hall–Kier alpha value is -3.44. The third-order valence-electron chi connectivity index (χ3n) is 6.44. The molecule has 0 amide bonds. The lowest BCUT2D eigenvalue weighted by atomic mass is 9.69. The lowest BCUT2D eigenvalue weighted by Gasteiger charge is -2.39.